The lowest BCUT2D eigenvalue weighted by Gasteiger charge is -2.33. The number of carboxylic acid groups (broad SMARTS) is 1. The van der Waals surface area contributed by atoms with Crippen molar-refractivity contribution in [3.8, 4) is 0 Å². The van der Waals surface area contributed by atoms with Crippen LogP contribution in [0.5, 0.6) is 0 Å². The maximum Gasteiger partial charge on any atom is 0.311 e. The number of nitrogens with one attached hydrogen (secondary N) is 1. The predicted molar refractivity (Wildman–Crippen MR) is 79.4 cm³/mol. The van der Waals surface area contributed by atoms with Gasteiger partial charge in [0.25, 0.3) is 0 Å². The number of carboxylic acids is 1. The molecule has 1 aliphatic carbocycles. The molecule has 0 unspecified atom stereocenters. The summed E-state index contributed by atoms with van der Waals surface area (Å²) in [6.07, 6.45) is 5.67. The Hall–Kier alpha value is -1.06. The van der Waals surface area contributed by atoms with E-state index in [0.717, 1.165) is 12.8 Å². The fourth-order valence-electron chi connectivity index (χ4n) is 3.19. The molecule has 116 valence electrons. The number of amides is 1. The van der Waals surface area contributed by atoms with Crippen molar-refractivity contribution in [3.63, 3.8) is 0 Å². The highest BCUT2D eigenvalue weighted by molar-refractivity contribution is 5.83. The van der Waals surface area contributed by atoms with E-state index in [1.807, 2.05) is 27.7 Å². The Morgan fingerprint density at radius 1 is 1.15 bits per heavy atom. The van der Waals surface area contributed by atoms with Crippen molar-refractivity contribution in [1.82, 2.24) is 5.32 Å². The SMILES string of the molecule is CCC(CC)(CNC(=O)C(C)(C)C1CCCC1)C(=O)O. The lowest BCUT2D eigenvalue weighted by atomic mass is 9.76. The van der Waals surface area contributed by atoms with E-state index in [2.05, 4.69) is 5.32 Å². The summed E-state index contributed by atoms with van der Waals surface area (Å²) in [5, 5.41) is 12.3. The van der Waals surface area contributed by atoms with Crippen LogP contribution >= 0.6 is 0 Å². The normalized spacial score (nSPS) is 17.2. The molecule has 4 nitrogen and oxygen atoms in total. The number of hydrogen-bond donors (Lipinski definition) is 2. The van der Waals surface area contributed by atoms with Crippen molar-refractivity contribution < 1.29 is 14.7 Å². The molecule has 0 atom stereocenters. The Bertz CT molecular complexity index is 353. The molecule has 0 aliphatic heterocycles. The van der Waals surface area contributed by atoms with Crippen molar-refractivity contribution >= 4 is 11.9 Å². The van der Waals surface area contributed by atoms with Gasteiger partial charge in [-0.25, -0.2) is 0 Å². The van der Waals surface area contributed by atoms with Gasteiger partial charge in [0.05, 0.1) is 5.41 Å². The minimum absolute atomic E-state index is 0.00285. The van der Waals surface area contributed by atoms with Gasteiger partial charge in [0.2, 0.25) is 5.91 Å². The first-order valence-corrected chi connectivity index (χ1v) is 7.82. The van der Waals surface area contributed by atoms with E-state index < -0.39 is 16.8 Å². The van der Waals surface area contributed by atoms with Crippen LogP contribution in [0.1, 0.15) is 66.2 Å². The fourth-order valence-corrected chi connectivity index (χ4v) is 3.19. The first-order chi connectivity index (χ1) is 9.30. The molecule has 0 aromatic heterocycles. The summed E-state index contributed by atoms with van der Waals surface area (Å²) in [7, 11) is 0. The number of carbonyl (C=O) groups is 2. The molecule has 4 heteroatoms. The van der Waals surface area contributed by atoms with E-state index in [9.17, 15) is 14.7 Å². The Morgan fingerprint density at radius 3 is 2.05 bits per heavy atom. The number of aliphatic carboxylic acids is 1. The largest absolute Gasteiger partial charge is 0.481 e. The summed E-state index contributed by atoms with van der Waals surface area (Å²) in [6, 6.07) is 0. The Labute approximate surface area is 122 Å². The van der Waals surface area contributed by atoms with Gasteiger partial charge >= 0.3 is 5.97 Å². The topological polar surface area (TPSA) is 66.4 Å². The molecule has 1 saturated carbocycles. The molecule has 1 rings (SSSR count). The van der Waals surface area contributed by atoms with E-state index in [1.54, 1.807) is 0 Å². The molecule has 1 aliphatic rings. The highest BCUT2D eigenvalue weighted by Crippen LogP contribution is 2.39. The third kappa shape index (κ3) is 3.33. The van der Waals surface area contributed by atoms with Crippen LogP contribution < -0.4 is 5.32 Å². The van der Waals surface area contributed by atoms with Crippen LogP contribution in [-0.2, 0) is 9.59 Å². The van der Waals surface area contributed by atoms with E-state index in [0.29, 0.717) is 18.8 Å². The molecule has 0 aromatic carbocycles. The van der Waals surface area contributed by atoms with Crippen LogP contribution in [0.2, 0.25) is 0 Å². The quantitative estimate of drug-likeness (QED) is 0.754. The van der Waals surface area contributed by atoms with Crippen LogP contribution in [-0.4, -0.2) is 23.5 Å². The zero-order chi connectivity index (χ0) is 15.4. The highest BCUT2D eigenvalue weighted by Gasteiger charge is 2.40. The second-order valence-corrected chi connectivity index (χ2v) is 6.68. The summed E-state index contributed by atoms with van der Waals surface area (Å²) in [5.74, 6) is -0.400. The Balaban J connectivity index is 2.67. The summed E-state index contributed by atoms with van der Waals surface area (Å²) in [5.41, 5.74) is -1.23. The number of carbonyl (C=O) groups excluding carboxylic acids is 1. The van der Waals surface area contributed by atoms with Crippen molar-refractivity contribution in [3.05, 3.63) is 0 Å². The van der Waals surface area contributed by atoms with Crippen LogP contribution in [0.4, 0.5) is 0 Å². The predicted octanol–water partition coefficient (Wildman–Crippen LogP) is 3.21. The van der Waals surface area contributed by atoms with Crippen molar-refractivity contribution in [2.75, 3.05) is 6.54 Å². The molecular weight excluding hydrogens is 254 g/mol. The van der Waals surface area contributed by atoms with Crippen LogP contribution in [0.15, 0.2) is 0 Å². The van der Waals surface area contributed by atoms with Crippen LogP contribution in [0.25, 0.3) is 0 Å². The molecule has 0 radical (unpaired) electrons. The average Bonchev–Trinajstić information content (AvgIpc) is 2.94. The van der Waals surface area contributed by atoms with E-state index in [1.165, 1.54) is 12.8 Å². The molecule has 1 fully saturated rings. The summed E-state index contributed by atoms with van der Waals surface area (Å²) in [4.78, 5) is 23.9. The minimum atomic E-state index is -0.832. The third-order valence-electron chi connectivity index (χ3n) is 5.36. The van der Waals surface area contributed by atoms with Gasteiger partial charge in [-0.2, -0.15) is 0 Å². The van der Waals surface area contributed by atoms with Gasteiger partial charge in [0, 0.05) is 12.0 Å². The summed E-state index contributed by atoms with van der Waals surface area (Å²) in [6.45, 7) is 7.93. The van der Waals surface area contributed by atoms with Gasteiger partial charge in [-0.3, -0.25) is 9.59 Å². The zero-order valence-electron chi connectivity index (χ0n) is 13.3. The lowest BCUT2D eigenvalue weighted by molar-refractivity contribution is -0.149. The van der Waals surface area contributed by atoms with E-state index in [-0.39, 0.29) is 12.5 Å². The number of hydrogen-bond acceptors (Lipinski definition) is 2. The zero-order valence-corrected chi connectivity index (χ0v) is 13.3. The van der Waals surface area contributed by atoms with Gasteiger partial charge in [-0.15, -0.1) is 0 Å². The molecule has 0 heterocycles. The van der Waals surface area contributed by atoms with Gasteiger partial charge < -0.3 is 10.4 Å². The maximum atomic E-state index is 12.4. The van der Waals surface area contributed by atoms with E-state index >= 15 is 0 Å². The van der Waals surface area contributed by atoms with E-state index in [4.69, 9.17) is 0 Å². The molecule has 0 spiro atoms. The van der Waals surface area contributed by atoms with Gasteiger partial charge in [0.1, 0.15) is 0 Å². The maximum absolute atomic E-state index is 12.4. The number of rotatable bonds is 7. The Morgan fingerprint density at radius 2 is 1.65 bits per heavy atom. The highest BCUT2D eigenvalue weighted by atomic mass is 16.4. The molecule has 20 heavy (non-hydrogen) atoms. The summed E-state index contributed by atoms with van der Waals surface area (Å²) < 4.78 is 0. The van der Waals surface area contributed by atoms with Crippen LogP contribution in [0.3, 0.4) is 0 Å². The third-order valence-corrected chi connectivity index (χ3v) is 5.36. The smallest absolute Gasteiger partial charge is 0.311 e. The lowest BCUT2D eigenvalue weighted by Crippen LogP contribution is -2.48. The van der Waals surface area contributed by atoms with Crippen molar-refractivity contribution in [2.24, 2.45) is 16.7 Å². The van der Waals surface area contributed by atoms with Crippen LogP contribution in [0, 0.1) is 16.7 Å². The molecule has 0 bridgehead atoms. The first kappa shape index (κ1) is 17.0. The molecule has 1 amide bonds. The van der Waals surface area contributed by atoms with Gasteiger partial charge in [-0.05, 0) is 31.6 Å². The molecule has 0 aromatic rings. The van der Waals surface area contributed by atoms with Gasteiger partial charge in [0.15, 0.2) is 0 Å². The standard InChI is InChI=1S/C16H29NO3/c1-5-16(6-2,14(19)20)11-17-13(18)15(3,4)12-9-7-8-10-12/h12H,5-11H2,1-4H3,(H,17,18)(H,19,20). The van der Waals surface area contributed by atoms with Crippen molar-refractivity contribution in [2.45, 2.75) is 66.2 Å². The van der Waals surface area contributed by atoms with Crippen molar-refractivity contribution in [1.29, 1.82) is 0 Å². The second-order valence-electron chi connectivity index (χ2n) is 6.68. The second kappa shape index (κ2) is 6.59. The molecule has 0 saturated heterocycles. The Kier molecular flexibility index (Phi) is 5.60. The molecular formula is C16H29NO3. The average molecular weight is 283 g/mol. The minimum Gasteiger partial charge on any atom is -0.481 e. The first-order valence-electron chi connectivity index (χ1n) is 7.82. The monoisotopic (exact) mass is 283 g/mol. The molecule has 2 N–H and O–H groups in total. The van der Waals surface area contributed by atoms with Gasteiger partial charge in [-0.1, -0.05) is 40.5 Å². The summed E-state index contributed by atoms with van der Waals surface area (Å²) >= 11 is 0. The fraction of sp³-hybridized carbons (Fsp3) is 0.875.